The molecule has 0 atom stereocenters. The molecule has 3 rings (SSSR count). The zero-order valence-electron chi connectivity index (χ0n) is 15.0. The van der Waals surface area contributed by atoms with Crippen molar-refractivity contribution in [3.05, 3.63) is 46.2 Å². The highest BCUT2D eigenvalue weighted by atomic mass is 32.1. The fraction of sp³-hybridized carbons (Fsp3) is 0.222. The van der Waals surface area contributed by atoms with Crippen molar-refractivity contribution < 1.29 is 46.5 Å². The Morgan fingerprint density at radius 3 is 2.57 bits per heavy atom. The minimum atomic E-state index is -4.75. The molecule has 2 aromatic heterocycles. The second-order valence-electron chi connectivity index (χ2n) is 6.19. The van der Waals surface area contributed by atoms with Crippen LogP contribution in [0.3, 0.4) is 0 Å². The number of carbonyl (C=O) groups excluding carboxylic acids is 1. The SMILES string of the molecule is Cc1c(CC(=O)O)c2c(F)c(O)ccc2n1C(=O)c1csc(OC(F)(F)C(F)F)c1. The van der Waals surface area contributed by atoms with Gasteiger partial charge < -0.3 is 14.9 Å². The van der Waals surface area contributed by atoms with E-state index in [2.05, 4.69) is 4.74 Å². The van der Waals surface area contributed by atoms with E-state index in [0.717, 1.165) is 22.1 Å². The Labute approximate surface area is 168 Å². The number of phenolic OH excluding ortho intramolecular Hbond substituents is 1. The molecule has 0 aliphatic heterocycles. The zero-order valence-corrected chi connectivity index (χ0v) is 15.8. The van der Waals surface area contributed by atoms with Crippen molar-refractivity contribution in [3.8, 4) is 10.8 Å². The van der Waals surface area contributed by atoms with Crippen molar-refractivity contribution >= 4 is 34.1 Å². The lowest BCUT2D eigenvalue weighted by Crippen LogP contribution is -2.33. The van der Waals surface area contributed by atoms with E-state index in [1.165, 1.54) is 13.0 Å². The number of aromatic nitrogens is 1. The first-order valence-corrected chi connectivity index (χ1v) is 9.03. The molecule has 0 aliphatic rings. The number of phenols is 1. The van der Waals surface area contributed by atoms with Crippen LogP contribution in [0.1, 0.15) is 21.6 Å². The van der Waals surface area contributed by atoms with Gasteiger partial charge in [-0.05, 0) is 24.6 Å². The molecule has 0 bridgehead atoms. The van der Waals surface area contributed by atoms with Gasteiger partial charge in [0.15, 0.2) is 16.6 Å². The average Bonchev–Trinajstić information content (AvgIpc) is 3.20. The number of benzene rings is 1. The third kappa shape index (κ3) is 3.70. The predicted octanol–water partition coefficient (Wildman–Crippen LogP) is 4.41. The summed E-state index contributed by atoms with van der Waals surface area (Å²) in [5, 5.41) is 18.9. The summed E-state index contributed by atoms with van der Waals surface area (Å²) in [6.07, 6.45) is -9.48. The number of aliphatic carboxylic acids is 1. The van der Waals surface area contributed by atoms with E-state index in [-0.39, 0.29) is 27.7 Å². The number of hydrogen-bond acceptors (Lipinski definition) is 5. The average molecular weight is 449 g/mol. The van der Waals surface area contributed by atoms with Gasteiger partial charge in [-0.25, -0.2) is 4.39 Å². The predicted molar refractivity (Wildman–Crippen MR) is 95.3 cm³/mol. The van der Waals surface area contributed by atoms with Gasteiger partial charge in [-0.1, -0.05) is 0 Å². The van der Waals surface area contributed by atoms with Gasteiger partial charge in [0, 0.05) is 22.5 Å². The maximum atomic E-state index is 14.5. The first-order valence-electron chi connectivity index (χ1n) is 8.15. The highest BCUT2D eigenvalue weighted by Gasteiger charge is 2.44. The minimum Gasteiger partial charge on any atom is -0.505 e. The third-order valence-electron chi connectivity index (χ3n) is 4.26. The van der Waals surface area contributed by atoms with E-state index >= 15 is 0 Å². The smallest absolute Gasteiger partial charge is 0.461 e. The Bertz CT molecular complexity index is 1150. The molecule has 12 heteroatoms. The van der Waals surface area contributed by atoms with E-state index in [4.69, 9.17) is 5.11 Å². The van der Waals surface area contributed by atoms with Gasteiger partial charge in [-0.3, -0.25) is 14.2 Å². The summed E-state index contributed by atoms with van der Waals surface area (Å²) >= 11 is 0.473. The Hall–Kier alpha value is -3.15. The van der Waals surface area contributed by atoms with E-state index < -0.39 is 47.5 Å². The number of carboxylic acids is 1. The largest absolute Gasteiger partial charge is 0.505 e. The molecule has 6 nitrogen and oxygen atoms in total. The van der Waals surface area contributed by atoms with Crippen molar-refractivity contribution in [2.24, 2.45) is 0 Å². The lowest BCUT2D eigenvalue weighted by atomic mass is 10.1. The number of alkyl halides is 4. The van der Waals surface area contributed by atoms with Crippen LogP contribution >= 0.6 is 11.3 Å². The number of rotatable bonds is 6. The lowest BCUT2D eigenvalue weighted by Gasteiger charge is -2.14. The molecule has 0 saturated carbocycles. The van der Waals surface area contributed by atoms with E-state index in [0.29, 0.717) is 11.3 Å². The van der Waals surface area contributed by atoms with Gasteiger partial charge in [-0.15, -0.1) is 11.3 Å². The maximum Gasteiger partial charge on any atom is 0.461 e. The number of thiophene rings is 1. The first-order chi connectivity index (χ1) is 13.9. The molecule has 160 valence electrons. The molecular formula is C18H12F5NO5S. The Morgan fingerprint density at radius 2 is 1.97 bits per heavy atom. The molecule has 2 N–H and O–H groups in total. The topological polar surface area (TPSA) is 88.8 Å². The van der Waals surface area contributed by atoms with Crippen LogP contribution in [0.25, 0.3) is 10.9 Å². The van der Waals surface area contributed by atoms with E-state index in [1.807, 2.05) is 0 Å². The quantitative estimate of drug-likeness (QED) is 0.545. The second kappa shape index (κ2) is 7.59. The highest BCUT2D eigenvalue weighted by molar-refractivity contribution is 7.12. The molecule has 0 aliphatic carbocycles. The Morgan fingerprint density at radius 1 is 1.30 bits per heavy atom. The molecule has 0 amide bonds. The molecule has 2 heterocycles. The number of halogens is 5. The Balaban J connectivity index is 2.09. The van der Waals surface area contributed by atoms with Crippen LogP contribution in [-0.4, -0.2) is 39.2 Å². The lowest BCUT2D eigenvalue weighted by molar-refractivity contribution is -0.251. The molecule has 1 aromatic carbocycles. The zero-order chi connectivity index (χ0) is 22.4. The third-order valence-corrected chi connectivity index (χ3v) is 5.06. The molecule has 30 heavy (non-hydrogen) atoms. The van der Waals surface area contributed by atoms with Gasteiger partial charge >= 0.3 is 18.5 Å². The monoisotopic (exact) mass is 449 g/mol. The summed E-state index contributed by atoms with van der Waals surface area (Å²) in [5.74, 6) is -4.04. The normalized spacial score (nSPS) is 12.0. The van der Waals surface area contributed by atoms with Crippen LogP contribution < -0.4 is 4.74 Å². The number of aromatic hydroxyl groups is 1. The summed E-state index contributed by atoms with van der Waals surface area (Å²) in [4.78, 5) is 24.1. The van der Waals surface area contributed by atoms with Crippen molar-refractivity contribution in [2.45, 2.75) is 25.9 Å². The number of ether oxygens (including phenoxy) is 1. The van der Waals surface area contributed by atoms with Crippen LogP contribution in [0, 0.1) is 12.7 Å². The molecule has 0 radical (unpaired) electrons. The van der Waals surface area contributed by atoms with Gasteiger partial charge in [0.05, 0.1) is 17.5 Å². The van der Waals surface area contributed by atoms with Crippen molar-refractivity contribution in [1.29, 1.82) is 0 Å². The summed E-state index contributed by atoms with van der Waals surface area (Å²) in [6, 6.07) is 2.98. The van der Waals surface area contributed by atoms with Gasteiger partial charge in [-0.2, -0.15) is 17.6 Å². The van der Waals surface area contributed by atoms with Crippen LogP contribution in [-0.2, 0) is 11.2 Å². The second-order valence-corrected chi connectivity index (χ2v) is 7.06. The summed E-state index contributed by atoms with van der Waals surface area (Å²) in [7, 11) is 0. The summed E-state index contributed by atoms with van der Waals surface area (Å²) < 4.78 is 70.1. The minimum absolute atomic E-state index is 0.0495. The summed E-state index contributed by atoms with van der Waals surface area (Å²) in [5.41, 5.74) is -0.297. The van der Waals surface area contributed by atoms with Crippen LogP contribution in [0.2, 0.25) is 0 Å². The number of hydrogen-bond donors (Lipinski definition) is 2. The number of fused-ring (bicyclic) bond motifs is 1. The van der Waals surface area contributed by atoms with E-state index in [9.17, 15) is 36.6 Å². The molecular weight excluding hydrogens is 437 g/mol. The number of carbonyl (C=O) groups is 2. The molecule has 0 saturated heterocycles. The molecule has 0 spiro atoms. The fourth-order valence-corrected chi connectivity index (χ4v) is 3.71. The summed E-state index contributed by atoms with van der Waals surface area (Å²) in [6.45, 7) is 1.35. The first kappa shape index (κ1) is 21.6. The van der Waals surface area contributed by atoms with Crippen molar-refractivity contribution in [2.75, 3.05) is 0 Å². The van der Waals surface area contributed by atoms with Crippen LogP contribution in [0.4, 0.5) is 22.0 Å². The van der Waals surface area contributed by atoms with Crippen molar-refractivity contribution in [1.82, 2.24) is 4.57 Å². The van der Waals surface area contributed by atoms with Crippen LogP contribution in [0.15, 0.2) is 23.6 Å². The van der Waals surface area contributed by atoms with Gasteiger partial charge in [0.2, 0.25) is 0 Å². The van der Waals surface area contributed by atoms with E-state index in [1.54, 1.807) is 0 Å². The highest BCUT2D eigenvalue weighted by Crippen LogP contribution is 2.36. The number of carboxylic acid groups (broad SMARTS) is 1. The fourth-order valence-electron chi connectivity index (χ4n) is 2.94. The van der Waals surface area contributed by atoms with Crippen LogP contribution in [0.5, 0.6) is 10.8 Å². The maximum absolute atomic E-state index is 14.5. The standard InChI is InChI=1S/C18H12F5NO5S/c1-7-9(5-12(26)27)14-10(2-3-11(25)15(14)19)24(7)16(28)8-4-13(30-6-8)29-18(22,23)17(20)21/h2-4,6,17,25H,5H2,1H3,(H,26,27). The van der Waals surface area contributed by atoms with Gasteiger partial charge in [0.1, 0.15) is 0 Å². The Kier molecular flexibility index (Phi) is 5.46. The molecule has 0 unspecified atom stereocenters. The van der Waals surface area contributed by atoms with Crippen molar-refractivity contribution in [3.63, 3.8) is 0 Å². The number of nitrogens with zero attached hydrogens (tertiary/aromatic N) is 1. The molecule has 0 fully saturated rings. The van der Waals surface area contributed by atoms with Gasteiger partial charge in [0.25, 0.3) is 5.91 Å². The molecule has 3 aromatic rings.